The monoisotopic (exact) mass is 544 g/mol. The summed E-state index contributed by atoms with van der Waals surface area (Å²) in [6.45, 7) is 8.96. The summed E-state index contributed by atoms with van der Waals surface area (Å²) in [5.41, 5.74) is 1.00. The van der Waals surface area contributed by atoms with Crippen LogP contribution < -0.4 is 15.4 Å². The van der Waals surface area contributed by atoms with Gasteiger partial charge >= 0.3 is 0 Å². The van der Waals surface area contributed by atoms with Gasteiger partial charge in [0.15, 0.2) is 0 Å². The molecule has 1 atom stereocenters. The molecule has 2 aliphatic heterocycles. The number of hydrogen-bond acceptors (Lipinski definition) is 8. The highest BCUT2D eigenvalue weighted by atomic mass is 79.9. The van der Waals surface area contributed by atoms with E-state index in [1.807, 2.05) is 0 Å². The van der Waals surface area contributed by atoms with E-state index >= 15 is 0 Å². The summed E-state index contributed by atoms with van der Waals surface area (Å²) in [6, 6.07) is 5.16. The van der Waals surface area contributed by atoms with Crippen molar-refractivity contribution in [2.75, 3.05) is 63.2 Å². The van der Waals surface area contributed by atoms with Gasteiger partial charge < -0.3 is 25.0 Å². The van der Waals surface area contributed by atoms with Gasteiger partial charge in [-0.05, 0) is 46.6 Å². The molecule has 2 N–H and O–H groups in total. The van der Waals surface area contributed by atoms with E-state index in [1.165, 1.54) is 6.08 Å². The van der Waals surface area contributed by atoms with Gasteiger partial charge in [-0.3, -0.25) is 14.5 Å². The molecule has 1 aromatic heterocycles. The molecule has 0 radical (unpaired) electrons. The van der Waals surface area contributed by atoms with Gasteiger partial charge in [-0.2, -0.15) is 0 Å². The Morgan fingerprint density at radius 2 is 2.00 bits per heavy atom. The number of halogens is 1. The predicted molar refractivity (Wildman–Crippen MR) is 136 cm³/mol. The Kier molecular flexibility index (Phi) is 8.67. The number of amides is 2. The molecule has 2 amide bonds. The first-order valence-corrected chi connectivity index (χ1v) is 12.3. The molecule has 1 unspecified atom stereocenters. The quantitative estimate of drug-likeness (QED) is 0.463. The maximum absolute atomic E-state index is 13.2. The van der Waals surface area contributed by atoms with Crippen LogP contribution in [0.15, 0.2) is 47.7 Å². The number of carbonyl (C=O) groups excluding carboxylic acids is 2. The zero-order valence-electron chi connectivity index (χ0n) is 19.4. The van der Waals surface area contributed by atoms with E-state index in [1.54, 1.807) is 35.5 Å². The standard InChI is InChI=1S/C24H29BrN6O4/c1-2-22(32)29-20-4-3-17(13-21(20)35-12-9-30-7-10-34-11-8-30)23(33)31-6-5-19(16-31)28-24-26-14-18(25)15-27-24/h2-4,13-15,19H,1,5-12,16H2,(H,29,32)(H,26,27,28). The first-order valence-electron chi connectivity index (χ1n) is 11.6. The number of aromatic nitrogens is 2. The number of ether oxygens (including phenoxy) is 2. The van der Waals surface area contributed by atoms with Gasteiger partial charge in [0.1, 0.15) is 12.4 Å². The Morgan fingerprint density at radius 3 is 2.74 bits per heavy atom. The average Bonchev–Trinajstić information content (AvgIpc) is 3.35. The number of carbonyl (C=O) groups is 2. The van der Waals surface area contributed by atoms with E-state index in [0.29, 0.717) is 55.9 Å². The van der Waals surface area contributed by atoms with E-state index in [2.05, 4.69) is 48.0 Å². The number of anilines is 2. The lowest BCUT2D eigenvalue weighted by Crippen LogP contribution is -2.38. The number of benzene rings is 1. The van der Waals surface area contributed by atoms with Crippen molar-refractivity contribution in [3.8, 4) is 5.75 Å². The minimum atomic E-state index is -0.342. The molecule has 1 aromatic carbocycles. The van der Waals surface area contributed by atoms with E-state index in [9.17, 15) is 9.59 Å². The number of hydrogen-bond donors (Lipinski definition) is 2. The Morgan fingerprint density at radius 1 is 1.23 bits per heavy atom. The number of morpholine rings is 1. The van der Waals surface area contributed by atoms with Crippen LogP contribution in [0.5, 0.6) is 5.75 Å². The van der Waals surface area contributed by atoms with Crippen LogP contribution in [0.4, 0.5) is 11.6 Å². The third-order valence-corrected chi connectivity index (χ3v) is 6.28. The molecule has 10 nitrogen and oxygen atoms in total. The van der Waals surface area contributed by atoms with Crippen LogP contribution in [0, 0.1) is 0 Å². The molecule has 186 valence electrons. The smallest absolute Gasteiger partial charge is 0.254 e. The number of rotatable bonds is 9. The highest BCUT2D eigenvalue weighted by Crippen LogP contribution is 2.28. The first-order chi connectivity index (χ1) is 17.0. The molecular weight excluding hydrogens is 516 g/mol. The van der Waals surface area contributed by atoms with Crippen molar-refractivity contribution in [1.82, 2.24) is 19.8 Å². The second-order valence-corrected chi connectivity index (χ2v) is 9.23. The summed E-state index contributed by atoms with van der Waals surface area (Å²) < 4.78 is 12.2. The molecule has 0 spiro atoms. The summed E-state index contributed by atoms with van der Waals surface area (Å²) in [5.74, 6) is 0.554. The minimum absolute atomic E-state index is 0.0653. The van der Waals surface area contributed by atoms with Crippen LogP contribution in [-0.2, 0) is 9.53 Å². The fraction of sp³-hybridized carbons (Fsp3) is 0.417. The molecule has 2 fully saturated rings. The Hall–Kier alpha value is -3.02. The van der Waals surface area contributed by atoms with Gasteiger partial charge in [-0.1, -0.05) is 6.58 Å². The van der Waals surface area contributed by atoms with Gasteiger partial charge in [0.05, 0.1) is 23.4 Å². The molecule has 2 aromatic rings. The van der Waals surface area contributed by atoms with E-state index < -0.39 is 0 Å². The van der Waals surface area contributed by atoms with Crippen molar-refractivity contribution in [2.45, 2.75) is 12.5 Å². The lowest BCUT2D eigenvalue weighted by molar-refractivity contribution is -0.111. The zero-order valence-corrected chi connectivity index (χ0v) is 21.0. The van der Waals surface area contributed by atoms with E-state index in [0.717, 1.165) is 30.5 Å². The highest BCUT2D eigenvalue weighted by Gasteiger charge is 2.28. The topological polar surface area (TPSA) is 109 Å². The Bertz CT molecular complexity index is 1040. The summed E-state index contributed by atoms with van der Waals surface area (Å²) in [5, 5.41) is 6.03. The Balaban J connectivity index is 1.40. The van der Waals surface area contributed by atoms with Crippen molar-refractivity contribution in [2.24, 2.45) is 0 Å². The van der Waals surface area contributed by atoms with Crippen LogP contribution in [-0.4, -0.2) is 90.2 Å². The van der Waals surface area contributed by atoms with E-state index in [4.69, 9.17) is 9.47 Å². The Labute approximate surface area is 212 Å². The molecule has 0 aliphatic carbocycles. The lowest BCUT2D eigenvalue weighted by atomic mass is 10.1. The second-order valence-electron chi connectivity index (χ2n) is 8.31. The lowest BCUT2D eigenvalue weighted by Gasteiger charge is -2.26. The summed E-state index contributed by atoms with van der Waals surface area (Å²) >= 11 is 3.33. The number of nitrogens with zero attached hydrogens (tertiary/aromatic N) is 4. The average molecular weight is 545 g/mol. The predicted octanol–water partition coefficient (Wildman–Crippen LogP) is 2.40. The normalized spacial score (nSPS) is 18.2. The molecule has 4 rings (SSSR count). The second kappa shape index (κ2) is 12.1. The molecule has 0 bridgehead atoms. The summed E-state index contributed by atoms with van der Waals surface area (Å²) in [6.07, 6.45) is 5.35. The minimum Gasteiger partial charge on any atom is -0.490 e. The zero-order chi connectivity index (χ0) is 24.6. The van der Waals surface area contributed by atoms with Crippen molar-refractivity contribution in [3.05, 3.63) is 53.3 Å². The summed E-state index contributed by atoms with van der Waals surface area (Å²) in [4.78, 5) is 37.7. The molecule has 3 heterocycles. The van der Waals surface area contributed by atoms with Crippen molar-refractivity contribution in [1.29, 1.82) is 0 Å². The first kappa shape index (κ1) is 25.1. The molecule has 11 heteroatoms. The van der Waals surface area contributed by atoms with Crippen LogP contribution in [0.3, 0.4) is 0 Å². The number of likely N-dealkylation sites (tertiary alicyclic amines) is 1. The van der Waals surface area contributed by atoms with Crippen LogP contribution in [0.25, 0.3) is 0 Å². The van der Waals surface area contributed by atoms with E-state index in [-0.39, 0.29) is 17.9 Å². The van der Waals surface area contributed by atoms with Gasteiger partial charge in [-0.25, -0.2) is 9.97 Å². The maximum atomic E-state index is 13.2. The van der Waals surface area contributed by atoms with Gasteiger partial charge in [0.2, 0.25) is 11.9 Å². The fourth-order valence-corrected chi connectivity index (χ4v) is 4.19. The van der Waals surface area contributed by atoms with Gasteiger partial charge in [0, 0.05) is 56.7 Å². The number of nitrogens with one attached hydrogen (secondary N) is 2. The van der Waals surface area contributed by atoms with Crippen LogP contribution in [0.2, 0.25) is 0 Å². The van der Waals surface area contributed by atoms with Crippen LogP contribution in [0.1, 0.15) is 16.8 Å². The molecule has 0 saturated carbocycles. The largest absolute Gasteiger partial charge is 0.490 e. The molecule has 2 aliphatic rings. The fourth-order valence-electron chi connectivity index (χ4n) is 3.99. The van der Waals surface area contributed by atoms with Gasteiger partial charge in [-0.15, -0.1) is 0 Å². The highest BCUT2D eigenvalue weighted by molar-refractivity contribution is 9.10. The van der Waals surface area contributed by atoms with Crippen molar-refractivity contribution in [3.63, 3.8) is 0 Å². The molecular formula is C24H29BrN6O4. The van der Waals surface area contributed by atoms with Crippen LogP contribution >= 0.6 is 15.9 Å². The molecule has 2 saturated heterocycles. The van der Waals surface area contributed by atoms with Crippen molar-refractivity contribution < 1.29 is 19.1 Å². The summed E-state index contributed by atoms with van der Waals surface area (Å²) in [7, 11) is 0. The van der Waals surface area contributed by atoms with Crippen molar-refractivity contribution >= 4 is 39.4 Å². The van der Waals surface area contributed by atoms with Gasteiger partial charge in [0.25, 0.3) is 5.91 Å². The SMILES string of the molecule is C=CC(=O)Nc1ccc(C(=O)N2CCC(Nc3ncc(Br)cn3)C2)cc1OCCN1CCOCC1. The maximum Gasteiger partial charge on any atom is 0.254 e. The third kappa shape index (κ3) is 7.00. The molecule has 35 heavy (non-hydrogen) atoms. The third-order valence-electron chi connectivity index (χ3n) is 5.87.